The lowest BCUT2D eigenvalue weighted by Crippen LogP contribution is -2.18. The van der Waals surface area contributed by atoms with Crippen molar-refractivity contribution in [3.8, 4) is 29.0 Å². The highest BCUT2D eigenvalue weighted by molar-refractivity contribution is 5.94. The third kappa shape index (κ3) is 3.45. The van der Waals surface area contributed by atoms with Crippen LogP contribution in [-0.4, -0.2) is 22.1 Å². The second-order valence-corrected chi connectivity index (χ2v) is 7.00. The second kappa shape index (κ2) is 7.16. The molecule has 1 aliphatic heterocycles. The molecule has 0 bridgehead atoms. The normalized spacial score (nSPS) is 13.0. The third-order valence-electron chi connectivity index (χ3n) is 4.50. The molecule has 4 rings (SSSR count). The van der Waals surface area contributed by atoms with Gasteiger partial charge in [-0.3, -0.25) is 4.79 Å². The summed E-state index contributed by atoms with van der Waals surface area (Å²) in [6.45, 7) is 4.03. The summed E-state index contributed by atoms with van der Waals surface area (Å²) in [5.41, 5.74) is 4.66. The highest BCUT2D eigenvalue weighted by Gasteiger charge is 2.18. The first-order chi connectivity index (χ1) is 13.5. The van der Waals surface area contributed by atoms with Crippen molar-refractivity contribution in [2.75, 3.05) is 10.6 Å². The maximum Gasteiger partial charge on any atom is 0.248 e. The summed E-state index contributed by atoms with van der Waals surface area (Å²) in [7, 11) is 0. The Labute approximate surface area is 162 Å². The third-order valence-corrected chi connectivity index (χ3v) is 4.50. The van der Waals surface area contributed by atoms with E-state index in [0.29, 0.717) is 35.7 Å². The number of nitrogens with one attached hydrogen (secondary N) is 2. The van der Waals surface area contributed by atoms with E-state index in [1.807, 2.05) is 44.2 Å². The average molecular weight is 373 g/mol. The summed E-state index contributed by atoms with van der Waals surface area (Å²) >= 11 is 0. The Kier molecular flexibility index (Phi) is 4.53. The molecule has 0 saturated heterocycles. The standard InChI is InChI=1S/C21H19N5O2/c1-12(2)23-18-7-4-15(10-16(18)11-22)21-26-25-20(28-21)14-3-6-17-13(9-14)5-8-19(27)24-17/h3-4,6-7,9-10,12,23H,5,8H2,1-2H3,(H,24,27). The summed E-state index contributed by atoms with van der Waals surface area (Å²) in [5.74, 6) is 0.787. The maximum atomic E-state index is 11.5. The van der Waals surface area contributed by atoms with Crippen LogP contribution in [0.5, 0.6) is 0 Å². The number of rotatable bonds is 4. The number of hydrogen-bond donors (Lipinski definition) is 2. The zero-order valence-corrected chi connectivity index (χ0v) is 15.6. The average Bonchev–Trinajstić information content (AvgIpc) is 3.17. The van der Waals surface area contributed by atoms with Crippen molar-refractivity contribution in [2.45, 2.75) is 32.7 Å². The minimum Gasteiger partial charge on any atom is -0.416 e. The van der Waals surface area contributed by atoms with Crippen LogP contribution in [0.1, 0.15) is 31.4 Å². The number of nitriles is 1. The summed E-state index contributed by atoms with van der Waals surface area (Å²) in [6, 6.07) is 13.5. The van der Waals surface area contributed by atoms with Crippen LogP contribution < -0.4 is 10.6 Å². The highest BCUT2D eigenvalue weighted by atomic mass is 16.4. The van der Waals surface area contributed by atoms with Gasteiger partial charge in [-0.1, -0.05) is 0 Å². The number of aromatic nitrogens is 2. The van der Waals surface area contributed by atoms with Gasteiger partial charge in [0.25, 0.3) is 0 Å². The molecule has 3 aromatic rings. The van der Waals surface area contributed by atoms with E-state index in [1.54, 1.807) is 6.07 Å². The number of carbonyl (C=O) groups excluding carboxylic acids is 1. The summed E-state index contributed by atoms with van der Waals surface area (Å²) in [6.07, 6.45) is 1.16. The molecular weight excluding hydrogens is 354 g/mol. The molecule has 0 aliphatic carbocycles. The molecule has 2 aromatic carbocycles. The number of carbonyl (C=O) groups is 1. The molecule has 1 aliphatic rings. The van der Waals surface area contributed by atoms with Gasteiger partial charge in [-0.15, -0.1) is 10.2 Å². The molecule has 1 amide bonds. The fourth-order valence-electron chi connectivity index (χ4n) is 3.18. The molecule has 7 heteroatoms. The van der Waals surface area contributed by atoms with Crippen LogP contribution in [0.2, 0.25) is 0 Å². The minimum absolute atomic E-state index is 0.0315. The van der Waals surface area contributed by atoms with Crippen molar-refractivity contribution < 1.29 is 9.21 Å². The van der Waals surface area contributed by atoms with Crippen molar-refractivity contribution in [1.29, 1.82) is 5.26 Å². The van der Waals surface area contributed by atoms with Gasteiger partial charge in [0.05, 0.1) is 11.3 Å². The van der Waals surface area contributed by atoms with Gasteiger partial charge in [0.15, 0.2) is 0 Å². The van der Waals surface area contributed by atoms with Gasteiger partial charge in [0.2, 0.25) is 17.7 Å². The molecule has 0 unspecified atom stereocenters. The van der Waals surface area contributed by atoms with Crippen LogP contribution in [-0.2, 0) is 11.2 Å². The highest BCUT2D eigenvalue weighted by Crippen LogP contribution is 2.30. The molecule has 28 heavy (non-hydrogen) atoms. The quantitative estimate of drug-likeness (QED) is 0.717. The van der Waals surface area contributed by atoms with Gasteiger partial charge in [-0.05, 0) is 62.2 Å². The number of benzene rings is 2. The zero-order valence-electron chi connectivity index (χ0n) is 15.6. The molecule has 1 aromatic heterocycles. The zero-order chi connectivity index (χ0) is 19.7. The van der Waals surface area contributed by atoms with Crippen LogP contribution in [0.3, 0.4) is 0 Å². The lowest BCUT2D eigenvalue weighted by Gasteiger charge is -2.16. The smallest absolute Gasteiger partial charge is 0.248 e. The van der Waals surface area contributed by atoms with E-state index in [4.69, 9.17) is 4.42 Å². The first-order valence-electron chi connectivity index (χ1n) is 9.11. The molecule has 2 N–H and O–H groups in total. The SMILES string of the molecule is CC(C)Nc1ccc(-c2nnc(-c3ccc4c(c3)CCC(=O)N4)o2)cc1C#N. The van der Waals surface area contributed by atoms with Crippen molar-refractivity contribution in [2.24, 2.45) is 0 Å². The Hall–Kier alpha value is -3.66. The van der Waals surface area contributed by atoms with Crippen LogP contribution in [0.25, 0.3) is 22.9 Å². The molecular formula is C21H19N5O2. The Morgan fingerprint density at radius 3 is 2.54 bits per heavy atom. The monoisotopic (exact) mass is 373 g/mol. The number of nitrogens with zero attached hydrogens (tertiary/aromatic N) is 3. The fourth-order valence-corrected chi connectivity index (χ4v) is 3.18. The van der Waals surface area contributed by atoms with E-state index in [9.17, 15) is 10.1 Å². The van der Waals surface area contributed by atoms with Gasteiger partial charge >= 0.3 is 0 Å². The van der Waals surface area contributed by atoms with Gasteiger partial charge in [0.1, 0.15) is 6.07 Å². The predicted molar refractivity (Wildman–Crippen MR) is 106 cm³/mol. The van der Waals surface area contributed by atoms with Gasteiger partial charge in [0, 0.05) is 29.3 Å². The lowest BCUT2D eigenvalue weighted by molar-refractivity contribution is -0.116. The summed E-state index contributed by atoms with van der Waals surface area (Å²) in [5, 5.41) is 23.8. The number of amides is 1. The summed E-state index contributed by atoms with van der Waals surface area (Å²) in [4.78, 5) is 11.5. The van der Waals surface area contributed by atoms with Crippen molar-refractivity contribution in [1.82, 2.24) is 10.2 Å². The van der Waals surface area contributed by atoms with Crippen LogP contribution >= 0.6 is 0 Å². The molecule has 0 spiro atoms. The van der Waals surface area contributed by atoms with E-state index in [-0.39, 0.29) is 11.9 Å². The van der Waals surface area contributed by atoms with Crippen molar-refractivity contribution in [3.63, 3.8) is 0 Å². The second-order valence-electron chi connectivity index (χ2n) is 7.00. The molecule has 0 saturated carbocycles. The van der Waals surface area contributed by atoms with Crippen LogP contribution in [0.15, 0.2) is 40.8 Å². The number of fused-ring (bicyclic) bond motifs is 1. The molecule has 0 fully saturated rings. The van der Waals surface area contributed by atoms with Crippen LogP contribution in [0.4, 0.5) is 11.4 Å². The lowest BCUT2D eigenvalue weighted by atomic mass is 10.0. The van der Waals surface area contributed by atoms with Gasteiger partial charge < -0.3 is 15.1 Å². The molecule has 7 nitrogen and oxygen atoms in total. The predicted octanol–water partition coefficient (Wildman–Crippen LogP) is 3.98. The first-order valence-corrected chi connectivity index (χ1v) is 9.11. The number of hydrogen-bond acceptors (Lipinski definition) is 6. The van der Waals surface area contributed by atoms with Gasteiger partial charge in [-0.25, -0.2) is 0 Å². The molecule has 2 heterocycles. The molecule has 0 atom stereocenters. The number of anilines is 2. The fraction of sp³-hybridized carbons (Fsp3) is 0.238. The Morgan fingerprint density at radius 2 is 1.82 bits per heavy atom. The molecule has 140 valence electrons. The van der Waals surface area contributed by atoms with E-state index in [2.05, 4.69) is 26.9 Å². The Balaban J connectivity index is 1.63. The Morgan fingerprint density at radius 1 is 1.11 bits per heavy atom. The summed E-state index contributed by atoms with van der Waals surface area (Å²) < 4.78 is 5.85. The van der Waals surface area contributed by atoms with E-state index in [0.717, 1.165) is 22.5 Å². The first kappa shape index (κ1) is 17.7. The van der Waals surface area contributed by atoms with Crippen molar-refractivity contribution in [3.05, 3.63) is 47.5 Å². The topological polar surface area (TPSA) is 104 Å². The van der Waals surface area contributed by atoms with E-state index < -0.39 is 0 Å². The van der Waals surface area contributed by atoms with Crippen LogP contribution in [0, 0.1) is 11.3 Å². The minimum atomic E-state index is 0.0315. The number of aryl methyl sites for hydroxylation is 1. The van der Waals surface area contributed by atoms with Gasteiger partial charge in [-0.2, -0.15) is 5.26 Å². The van der Waals surface area contributed by atoms with E-state index in [1.165, 1.54) is 0 Å². The maximum absolute atomic E-state index is 11.5. The Bertz CT molecular complexity index is 1090. The largest absolute Gasteiger partial charge is 0.416 e. The van der Waals surface area contributed by atoms with Crippen molar-refractivity contribution >= 4 is 17.3 Å². The van der Waals surface area contributed by atoms with E-state index >= 15 is 0 Å². The molecule has 0 radical (unpaired) electrons.